The highest BCUT2D eigenvalue weighted by atomic mass is 32.1. The predicted octanol–water partition coefficient (Wildman–Crippen LogP) is 3.76. The Hall–Kier alpha value is -1.18. The molecule has 1 aromatic rings. The van der Waals surface area contributed by atoms with Gasteiger partial charge in [-0.25, -0.2) is 9.98 Å². The van der Waals surface area contributed by atoms with Gasteiger partial charge in [-0.1, -0.05) is 24.3 Å². The minimum atomic E-state index is 0.765. The Bertz CT molecular complexity index is 398. The van der Waals surface area contributed by atoms with Crippen molar-refractivity contribution in [2.45, 2.75) is 25.7 Å². The van der Waals surface area contributed by atoms with Gasteiger partial charge in [0, 0.05) is 13.1 Å². The Morgan fingerprint density at radius 1 is 0.778 bits per heavy atom. The topological polar surface area (TPSA) is 24.7 Å². The molecule has 0 atom stereocenters. The van der Waals surface area contributed by atoms with E-state index in [2.05, 4.69) is 69.0 Å². The summed E-state index contributed by atoms with van der Waals surface area (Å²) in [5.74, 6) is 0. The molecule has 0 unspecified atom stereocenters. The minimum absolute atomic E-state index is 0.765. The first-order valence-corrected chi connectivity index (χ1v) is 6.83. The van der Waals surface area contributed by atoms with Gasteiger partial charge in [0.25, 0.3) is 0 Å². The maximum atomic E-state index is 4.52. The molecule has 4 heteroatoms. The molecule has 0 radical (unpaired) electrons. The molecule has 0 aromatic heterocycles. The number of hydrogen-bond donors (Lipinski definition) is 0. The molecule has 0 spiro atoms. The van der Waals surface area contributed by atoms with E-state index in [4.69, 9.17) is 0 Å². The summed E-state index contributed by atoms with van der Waals surface area (Å²) in [6.45, 7) is 1.53. The molecule has 0 aliphatic carbocycles. The third-order valence-electron chi connectivity index (χ3n) is 2.62. The summed E-state index contributed by atoms with van der Waals surface area (Å²) in [5, 5.41) is 4.77. The van der Waals surface area contributed by atoms with Crippen molar-refractivity contribution in [3.8, 4) is 0 Å². The van der Waals surface area contributed by atoms with Crippen molar-refractivity contribution in [2.75, 3.05) is 13.1 Å². The van der Waals surface area contributed by atoms with E-state index in [9.17, 15) is 0 Å². The van der Waals surface area contributed by atoms with Crippen LogP contribution in [0.3, 0.4) is 0 Å². The minimum Gasteiger partial charge on any atom is -0.233 e. The summed E-state index contributed by atoms with van der Waals surface area (Å²) in [5.41, 5.74) is 2.69. The smallest absolute Gasteiger partial charge is 0.0584 e. The van der Waals surface area contributed by atoms with Gasteiger partial charge in [0.05, 0.1) is 10.3 Å². The quantitative estimate of drug-likeness (QED) is 0.410. The van der Waals surface area contributed by atoms with E-state index in [1.54, 1.807) is 0 Å². The average Bonchev–Trinajstić information content (AvgIpc) is 2.41. The van der Waals surface area contributed by atoms with Crippen molar-refractivity contribution in [1.82, 2.24) is 0 Å². The van der Waals surface area contributed by atoms with Gasteiger partial charge in [-0.05, 0) is 61.2 Å². The standard InChI is InChI=1S/C14H16N2S2/c17-11-15-9-1-3-13-5-7-14(8-6-13)4-2-10-16-12-18/h5-8H,1-4,9-10H2. The van der Waals surface area contributed by atoms with E-state index in [-0.39, 0.29) is 0 Å². The fraction of sp³-hybridized carbons (Fsp3) is 0.429. The monoisotopic (exact) mass is 276 g/mol. The number of aryl methyl sites for hydroxylation is 2. The zero-order valence-corrected chi connectivity index (χ0v) is 11.9. The van der Waals surface area contributed by atoms with Crippen LogP contribution >= 0.6 is 24.4 Å². The molecule has 1 rings (SSSR count). The van der Waals surface area contributed by atoms with Crippen molar-refractivity contribution in [3.63, 3.8) is 0 Å². The summed E-state index contributed by atoms with van der Waals surface area (Å²) >= 11 is 9.05. The molecule has 0 aliphatic heterocycles. The zero-order chi connectivity index (χ0) is 13.1. The molecule has 0 heterocycles. The largest absolute Gasteiger partial charge is 0.233 e. The Morgan fingerprint density at radius 3 is 1.50 bits per heavy atom. The molecule has 1 aromatic carbocycles. The van der Waals surface area contributed by atoms with Crippen LogP contribution in [-0.2, 0) is 12.8 Å². The van der Waals surface area contributed by atoms with Crippen LogP contribution in [0.15, 0.2) is 34.3 Å². The van der Waals surface area contributed by atoms with Gasteiger partial charge in [-0.3, -0.25) is 0 Å². The molecule has 2 nitrogen and oxygen atoms in total. The van der Waals surface area contributed by atoms with E-state index >= 15 is 0 Å². The highest BCUT2D eigenvalue weighted by Gasteiger charge is 1.95. The molecule has 0 amide bonds. The van der Waals surface area contributed by atoms with E-state index < -0.39 is 0 Å². The van der Waals surface area contributed by atoms with E-state index in [1.165, 1.54) is 11.1 Å². The third kappa shape index (κ3) is 6.53. The number of benzene rings is 1. The van der Waals surface area contributed by atoms with Crippen molar-refractivity contribution >= 4 is 34.8 Å². The molecule has 0 saturated carbocycles. The van der Waals surface area contributed by atoms with Crippen LogP contribution < -0.4 is 0 Å². The van der Waals surface area contributed by atoms with Gasteiger partial charge in [0.2, 0.25) is 0 Å². The first-order valence-electron chi connectivity index (χ1n) is 6.02. The summed E-state index contributed by atoms with van der Waals surface area (Å²) in [6, 6.07) is 8.72. The molecule has 0 bridgehead atoms. The summed E-state index contributed by atoms with van der Waals surface area (Å²) in [4.78, 5) is 7.80. The fourth-order valence-electron chi connectivity index (χ4n) is 1.69. The van der Waals surface area contributed by atoms with Crippen LogP contribution in [0.5, 0.6) is 0 Å². The van der Waals surface area contributed by atoms with E-state index in [0.717, 1.165) is 38.8 Å². The molecular weight excluding hydrogens is 260 g/mol. The summed E-state index contributed by atoms with van der Waals surface area (Å²) in [7, 11) is 0. The molecule has 18 heavy (non-hydrogen) atoms. The number of hydrogen-bond acceptors (Lipinski definition) is 4. The maximum Gasteiger partial charge on any atom is 0.0584 e. The fourth-order valence-corrected chi connectivity index (χ4v) is 1.87. The first kappa shape index (κ1) is 14.9. The van der Waals surface area contributed by atoms with Crippen LogP contribution in [0, 0.1) is 0 Å². The summed E-state index contributed by atoms with van der Waals surface area (Å²) in [6.07, 6.45) is 4.12. The lowest BCUT2D eigenvalue weighted by molar-refractivity contribution is 0.826. The van der Waals surface area contributed by atoms with Crippen LogP contribution in [0.4, 0.5) is 0 Å². The van der Waals surface area contributed by atoms with Gasteiger partial charge < -0.3 is 0 Å². The lowest BCUT2D eigenvalue weighted by atomic mass is 10.0. The van der Waals surface area contributed by atoms with E-state index in [1.807, 2.05) is 0 Å². The molecule has 0 fully saturated rings. The van der Waals surface area contributed by atoms with Crippen LogP contribution in [0.1, 0.15) is 24.0 Å². The van der Waals surface area contributed by atoms with Crippen LogP contribution in [0.2, 0.25) is 0 Å². The van der Waals surface area contributed by atoms with Gasteiger partial charge >= 0.3 is 0 Å². The van der Waals surface area contributed by atoms with Crippen LogP contribution in [0.25, 0.3) is 0 Å². The number of isothiocyanates is 2. The number of nitrogens with zero attached hydrogens (tertiary/aromatic N) is 2. The van der Waals surface area contributed by atoms with Gasteiger partial charge in [0.1, 0.15) is 0 Å². The molecule has 94 valence electrons. The van der Waals surface area contributed by atoms with Crippen molar-refractivity contribution in [3.05, 3.63) is 35.4 Å². The first-order chi connectivity index (χ1) is 8.86. The SMILES string of the molecule is S=C=NCCCc1ccc(CCCN=C=S)cc1. The lowest BCUT2D eigenvalue weighted by Crippen LogP contribution is -1.91. The van der Waals surface area contributed by atoms with Gasteiger partial charge in [0.15, 0.2) is 0 Å². The number of thiocarbonyl (C=S) groups is 2. The van der Waals surface area contributed by atoms with Crippen molar-refractivity contribution in [2.24, 2.45) is 9.98 Å². The summed E-state index contributed by atoms with van der Waals surface area (Å²) < 4.78 is 0. The maximum absolute atomic E-state index is 4.52. The van der Waals surface area contributed by atoms with Crippen molar-refractivity contribution in [1.29, 1.82) is 0 Å². The van der Waals surface area contributed by atoms with Gasteiger partial charge in [-0.15, -0.1) is 0 Å². The van der Waals surface area contributed by atoms with Crippen molar-refractivity contribution < 1.29 is 0 Å². The van der Waals surface area contributed by atoms with Crippen LogP contribution in [-0.4, -0.2) is 23.4 Å². The molecule has 0 N–H and O–H groups in total. The Balaban J connectivity index is 2.32. The number of aliphatic imine (C=N–C) groups is 2. The molecule has 0 aliphatic rings. The Morgan fingerprint density at radius 2 is 1.17 bits per heavy atom. The predicted molar refractivity (Wildman–Crippen MR) is 82.9 cm³/mol. The average molecular weight is 276 g/mol. The third-order valence-corrected chi connectivity index (χ3v) is 2.88. The second-order valence-corrected chi connectivity index (χ2v) is 4.33. The zero-order valence-electron chi connectivity index (χ0n) is 10.3. The number of rotatable bonds is 8. The molecule has 0 saturated heterocycles. The van der Waals surface area contributed by atoms with Gasteiger partial charge in [-0.2, -0.15) is 0 Å². The second-order valence-electron chi connectivity index (χ2n) is 3.97. The Kier molecular flexibility index (Phi) is 8.11. The molecular formula is C14H16N2S2. The highest BCUT2D eigenvalue weighted by molar-refractivity contribution is 7.78. The van der Waals surface area contributed by atoms with E-state index in [0.29, 0.717) is 0 Å². The highest BCUT2D eigenvalue weighted by Crippen LogP contribution is 2.08. The second kappa shape index (κ2) is 9.81. The lowest BCUT2D eigenvalue weighted by Gasteiger charge is -2.02. The normalized spacial score (nSPS) is 9.33. The Labute approximate surface area is 119 Å².